The van der Waals surface area contributed by atoms with Crippen molar-refractivity contribution in [3.8, 4) is 0 Å². The van der Waals surface area contributed by atoms with E-state index < -0.39 is 20.5 Å². The van der Waals surface area contributed by atoms with E-state index in [1.54, 1.807) is 0 Å². The molecule has 4 nitrogen and oxygen atoms in total. The predicted molar refractivity (Wildman–Crippen MR) is 48.5 cm³/mol. The number of anilines is 2. The van der Waals surface area contributed by atoms with Crippen LogP contribution in [0.5, 0.6) is 0 Å². The Morgan fingerprint density at radius 3 is 2.14 bits per heavy atom. The molecular weight excluding hydrogens is 214 g/mol. The molecule has 0 bridgehead atoms. The first-order valence-electron chi connectivity index (χ1n) is 3.52. The molecule has 0 atom stereocenters. The van der Waals surface area contributed by atoms with Gasteiger partial charge in [-0.05, 0) is 18.2 Å². The van der Waals surface area contributed by atoms with Crippen molar-refractivity contribution in [1.82, 2.24) is 0 Å². The van der Waals surface area contributed by atoms with Crippen LogP contribution in [0.4, 0.5) is 20.2 Å². The van der Waals surface area contributed by atoms with E-state index in [-0.39, 0.29) is 11.4 Å². The number of nitrogen functional groups attached to an aromatic ring is 2. The summed E-state index contributed by atoms with van der Waals surface area (Å²) in [6.45, 7) is 0. The molecular formula is C7H8F2N2O2S. The van der Waals surface area contributed by atoms with Gasteiger partial charge in [-0.15, -0.1) is 0 Å². The van der Waals surface area contributed by atoms with Gasteiger partial charge >= 0.3 is 5.76 Å². The van der Waals surface area contributed by atoms with Crippen LogP contribution in [0.15, 0.2) is 23.1 Å². The summed E-state index contributed by atoms with van der Waals surface area (Å²) in [5.41, 5.74) is 10.7. The molecule has 0 aromatic heterocycles. The quantitative estimate of drug-likeness (QED) is 0.726. The van der Waals surface area contributed by atoms with Crippen molar-refractivity contribution < 1.29 is 17.2 Å². The van der Waals surface area contributed by atoms with Crippen molar-refractivity contribution in [3.63, 3.8) is 0 Å². The number of hydrogen-bond acceptors (Lipinski definition) is 4. The zero-order chi connectivity index (χ0) is 10.9. The molecule has 78 valence electrons. The number of alkyl halides is 2. The second-order valence-corrected chi connectivity index (χ2v) is 4.51. The van der Waals surface area contributed by atoms with Crippen LogP contribution < -0.4 is 11.5 Å². The van der Waals surface area contributed by atoms with E-state index in [9.17, 15) is 17.2 Å². The van der Waals surface area contributed by atoms with Gasteiger partial charge < -0.3 is 11.5 Å². The Morgan fingerprint density at radius 2 is 1.71 bits per heavy atom. The highest BCUT2D eigenvalue weighted by Gasteiger charge is 2.26. The first-order chi connectivity index (χ1) is 6.35. The van der Waals surface area contributed by atoms with Crippen LogP contribution in [-0.2, 0) is 9.84 Å². The molecule has 1 aromatic carbocycles. The van der Waals surface area contributed by atoms with Gasteiger partial charge in [-0.1, -0.05) is 0 Å². The van der Waals surface area contributed by atoms with Crippen LogP contribution in [0.3, 0.4) is 0 Å². The second kappa shape index (κ2) is 3.41. The summed E-state index contributed by atoms with van der Waals surface area (Å²) in [5, 5.41) is 0. The van der Waals surface area contributed by atoms with Gasteiger partial charge in [-0.3, -0.25) is 0 Å². The minimum atomic E-state index is -4.59. The normalized spacial score (nSPS) is 11.9. The molecule has 1 rings (SSSR count). The molecule has 7 heteroatoms. The fraction of sp³-hybridized carbons (Fsp3) is 0.143. The van der Waals surface area contributed by atoms with Crippen molar-refractivity contribution >= 4 is 21.2 Å². The van der Waals surface area contributed by atoms with Crippen LogP contribution in [0.2, 0.25) is 0 Å². The van der Waals surface area contributed by atoms with Crippen LogP contribution >= 0.6 is 0 Å². The Balaban J connectivity index is 3.29. The maximum atomic E-state index is 12.1. The molecule has 0 unspecified atom stereocenters. The Bertz CT molecular complexity index is 445. The van der Waals surface area contributed by atoms with Gasteiger partial charge in [0.15, 0.2) is 0 Å². The minimum absolute atomic E-state index is 0.0354. The maximum absolute atomic E-state index is 12.1. The summed E-state index contributed by atoms with van der Waals surface area (Å²) < 4.78 is 46.0. The summed E-state index contributed by atoms with van der Waals surface area (Å²) in [7, 11) is -4.59. The molecule has 0 spiro atoms. The van der Waals surface area contributed by atoms with E-state index in [0.717, 1.165) is 12.1 Å². The third-order valence-corrected chi connectivity index (χ3v) is 3.00. The highest BCUT2D eigenvalue weighted by molar-refractivity contribution is 7.91. The molecule has 4 N–H and O–H groups in total. The predicted octanol–water partition coefficient (Wildman–Crippen LogP) is 0.847. The smallest absolute Gasteiger partial charge is 0.341 e. The first-order valence-corrected chi connectivity index (χ1v) is 5.07. The Kier molecular flexibility index (Phi) is 2.61. The summed E-state index contributed by atoms with van der Waals surface area (Å²) in [4.78, 5) is -0.529. The molecule has 0 aliphatic carbocycles. The molecule has 0 saturated carbocycles. The lowest BCUT2D eigenvalue weighted by molar-refractivity contribution is 0.235. The van der Waals surface area contributed by atoms with Gasteiger partial charge in [-0.2, -0.15) is 8.78 Å². The minimum Gasteiger partial charge on any atom is -0.397 e. The Labute approximate surface area is 79.4 Å². The van der Waals surface area contributed by atoms with Crippen molar-refractivity contribution in [1.29, 1.82) is 0 Å². The van der Waals surface area contributed by atoms with Crippen LogP contribution in [-0.4, -0.2) is 14.2 Å². The molecule has 0 saturated heterocycles. The van der Waals surface area contributed by atoms with Gasteiger partial charge in [0.1, 0.15) is 0 Å². The fourth-order valence-electron chi connectivity index (χ4n) is 0.833. The van der Waals surface area contributed by atoms with Crippen LogP contribution in [0.1, 0.15) is 0 Å². The Hall–Kier alpha value is -1.37. The number of benzene rings is 1. The average Bonchev–Trinajstić information content (AvgIpc) is 2.09. The second-order valence-electron chi connectivity index (χ2n) is 2.60. The Morgan fingerprint density at radius 1 is 1.14 bits per heavy atom. The van der Waals surface area contributed by atoms with Gasteiger partial charge in [0.05, 0.1) is 16.3 Å². The van der Waals surface area contributed by atoms with Crippen molar-refractivity contribution in [2.75, 3.05) is 11.5 Å². The topological polar surface area (TPSA) is 86.2 Å². The summed E-state index contributed by atoms with van der Waals surface area (Å²) >= 11 is 0. The lowest BCUT2D eigenvalue weighted by atomic mass is 10.3. The van der Waals surface area contributed by atoms with E-state index in [1.807, 2.05) is 0 Å². The maximum Gasteiger partial charge on any atom is 0.341 e. The molecule has 0 radical (unpaired) electrons. The summed E-state index contributed by atoms with van der Waals surface area (Å²) in [6.07, 6.45) is 0. The van der Waals surface area contributed by atoms with Gasteiger partial charge in [0, 0.05) is 0 Å². The van der Waals surface area contributed by atoms with E-state index in [4.69, 9.17) is 11.5 Å². The fourth-order valence-corrected chi connectivity index (χ4v) is 1.59. The van der Waals surface area contributed by atoms with E-state index >= 15 is 0 Å². The standard InChI is InChI=1S/C7H8F2N2O2S/c8-7(9)14(12,13)4-1-2-5(10)6(11)3-4/h1-3,7H,10-11H2. The first kappa shape index (κ1) is 10.7. The van der Waals surface area contributed by atoms with Crippen LogP contribution in [0.25, 0.3) is 0 Å². The largest absolute Gasteiger partial charge is 0.397 e. The average molecular weight is 222 g/mol. The zero-order valence-electron chi connectivity index (χ0n) is 6.94. The third-order valence-electron chi connectivity index (χ3n) is 1.62. The van der Waals surface area contributed by atoms with Gasteiger partial charge in [0.25, 0.3) is 0 Å². The molecule has 0 amide bonds. The number of halogens is 2. The number of hydrogen-bond donors (Lipinski definition) is 2. The molecule has 1 aromatic rings. The zero-order valence-corrected chi connectivity index (χ0v) is 7.76. The molecule has 0 aliphatic rings. The molecule has 0 heterocycles. The number of rotatable bonds is 2. The number of sulfone groups is 1. The van der Waals surface area contributed by atoms with E-state index in [1.165, 1.54) is 6.07 Å². The van der Waals surface area contributed by atoms with E-state index in [2.05, 4.69) is 0 Å². The summed E-state index contributed by atoms with van der Waals surface area (Å²) in [6, 6.07) is 3.08. The highest BCUT2D eigenvalue weighted by atomic mass is 32.2. The monoisotopic (exact) mass is 222 g/mol. The van der Waals surface area contributed by atoms with Crippen molar-refractivity contribution in [2.24, 2.45) is 0 Å². The highest BCUT2D eigenvalue weighted by Crippen LogP contribution is 2.23. The lowest BCUT2D eigenvalue weighted by Crippen LogP contribution is -2.12. The summed E-state index contributed by atoms with van der Waals surface area (Å²) in [5.74, 6) is -3.45. The number of nitrogens with two attached hydrogens (primary N) is 2. The van der Waals surface area contributed by atoms with Gasteiger partial charge in [-0.25, -0.2) is 8.42 Å². The molecule has 0 aliphatic heterocycles. The lowest BCUT2D eigenvalue weighted by Gasteiger charge is -2.05. The van der Waals surface area contributed by atoms with Crippen molar-refractivity contribution in [3.05, 3.63) is 18.2 Å². The van der Waals surface area contributed by atoms with E-state index in [0.29, 0.717) is 0 Å². The molecule has 0 fully saturated rings. The van der Waals surface area contributed by atoms with Crippen LogP contribution in [0, 0.1) is 0 Å². The van der Waals surface area contributed by atoms with Crippen molar-refractivity contribution in [2.45, 2.75) is 10.7 Å². The third kappa shape index (κ3) is 1.77. The van der Waals surface area contributed by atoms with Gasteiger partial charge in [0.2, 0.25) is 9.84 Å². The molecule has 14 heavy (non-hydrogen) atoms. The SMILES string of the molecule is Nc1ccc(S(=O)(=O)C(F)F)cc1N.